The van der Waals surface area contributed by atoms with E-state index in [4.69, 9.17) is 6.42 Å². The van der Waals surface area contributed by atoms with Crippen LogP contribution < -0.4 is 14.9 Å². The maximum atomic E-state index is 14.2. The zero-order valence-electron chi connectivity index (χ0n) is 22.1. The smallest absolute Gasteiger partial charge is 0.358 e. The molecule has 0 bridgehead atoms. The third-order valence-electron chi connectivity index (χ3n) is 7.72. The van der Waals surface area contributed by atoms with Gasteiger partial charge in [0.15, 0.2) is 5.43 Å². The fourth-order valence-electron chi connectivity index (χ4n) is 5.93. The lowest BCUT2D eigenvalue weighted by atomic mass is 9.90. The minimum atomic E-state index is -5.17. The lowest BCUT2D eigenvalue weighted by molar-refractivity contribution is 0.381. The number of hydrogen-bond acceptors (Lipinski definition) is 5. The van der Waals surface area contributed by atoms with Crippen molar-refractivity contribution in [2.45, 2.75) is 38.6 Å². The molecule has 6 rings (SSSR count). The first-order valence-electron chi connectivity index (χ1n) is 13.2. The van der Waals surface area contributed by atoms with Crippen LogP contribution in [0.2, 0.25) is 0 Å². The van der Waals surface area contributed by atoms with Gasteiger partial charge in [-0.05, 0) is 84.9 Å². The second-order valence-corrected chi connectivity index (χ2v) is 11.5. The van der Waals surface area contributed by atoms with Crippen LogP contribution in [-0.4, -0.2) is 31.1 Å². The summed E-state index contributed by atoms with van der Waals surface area (Å²) >= 11 is 0. The number of piperidine rings is 1. The highest BCUT2D eigenvalue weighted by atomic mass is 32.3. The molecule has 0 radical (unpaired) electrons. The van der Waals surface area contributed by atoms with Crippen molar-refractivity contribution in [3.05, 3.63) is 75.9 Å². The molecule has 3 aromatic carbocycles. The predicted molar refractivity (Wildman–Crippen MR) is 157 cm³/mol. The van der Waals surface area contributed by atoms with Gasteiger partial charge in [-0.3, -0.25) is 4.79 Å². The summed E-state index contributed by atoms with van der Waals surface area (Å²) in [7, 11) is -5.17. The summed E-state index contributed by atoms with van der Waals surface area (Å²) in [6, 6.07) is 16.1. The Kier molecular flexibility index (Phi) is 6.40. The van der Waals surface area contributed by atoms with Gasteiger partial charge in [0.1, 0.15) is 11.4 Å². The van der Waals surface area contributed by atoms with Crippen LogP contribution in [-0.2, 0) is 10.5 Å². The van der Waals surface area contributed by atoms with Crippen molar-refractivity contribution in [2.24, 2.45) is 0 Å². The van der Waals surface area contributed by atoms with Crippen LogP contribution in [0.3, 0.4) is 0 Å². The molecule has 0 atom stereocenters. The van der Waals surface area contributed by atoms with Crippen molar-refractivity contribution >= 4 is 43.3 Å². The summed E-state index contributed by atoms with van der Waals surface area (Å²) in [5.74, 6) is 2.58. The molecule has 0 amide bonds. The van der Waals surface area contributed by atoms with Crippen LogP contribution in [0.5, 0.6) is 5.75 Å². The van der Waals surface area contributed by atoms with E-state index in [1.807, 2.05) is 50.2 Å². The SMILES string of the molecule is C#Cc1ccc2c(c1)[nH]c1c2c(=O)c2cc(C(C)C)c(-c3cccc(OS(=O)(=O)F)c3)cc2n1C1CCNCC1. The van der Waals surface area contributed by atoms with E-state index >= 15 is 0 Å². The quantitative estimate of drug-likeness (QED) is 0.207. The van der Waals surface area contributed by atoms with Crippen LogP contribution in [0.15, 0.2) is 59.4 Å². The van der Waals surface area contributed by atoms with Gasteiger partial charge in [0.2, 0.25) is 0 Å². The molecule has 7 nitrogen and oxygen atoms in total. The molecule has 2 aromatic heterocycles. The van der Waals surface area contributed by atoms with Crippen molar-refractivity contribution in [1.29, 1.82) is 0 Å². The van der Waals surface area contributed by atoms with E-state index in [2.05, 4.69) is 25.0 Å². The van der Waals surface area contributed by atoms with Gasteiger partial charge < -0.3 is 19.1 Å². The first-order valence-corrected chi connectivity index (χ1v) is 14.5. The molecule has 204 valence electrons. The molecular weight excluding hydrogens is 529 g/mol. The topological polar surface area (TPSA) is 93.2 Å². The van der Waals surface area contributed by atoms with Gasteiger partial charge in [0.05, 0.1) is 10.9 Å². The second kappa shape index (κ2) is 9.81. The van der Waals surface area contributed by atoms with Crippen LogP contribution in [0.4, 0.5) is 3.89 Å². The molecule has 0 unspecified atom stereocenters. The van der Waals surface area contributed by atoms with E-state index in [0.29, 0.717) is 16.3 Å². The van der Waals surface area contributed by atoms with E-state index < -0.39 is 10.5 Å². The molecule has 40 heavy (non-hydrogen) atoms. The van der Waals surface area contributed by atoms with Gasteiger partial charge in [0, 0.05) is 27.9 Å². The first-order chi connectivity index (χ1) is 19.1. The highest BCUT2D eigenvalue weighted by molar-refractivity contribution is 7.81. The Labute approximate surface area is 231 Å². The van der Waals surface area contributed by atoms with Crippen molar-refractivity contribution in [3.8, 4) is 29.2 Å². The summed E-state index contributed by atoms with van der Waals surface area (Å²) < 4.78 is 42.4. The normalized spacial score (nSPS) is 14.8. The molecule has 1 saturated heterocycles. The fraction of sp³-hybridized carbons (Fsp3) is 0.258. The van der Waals surface area contributed by atoms with Crippen molar-refractivity contribution in [3.63, 3.8) is 0 Å². The molecule has 9 heteroatoms. The number of halogens is 1. The molecule has 0 aliphatic carbocycles. The number of benzene rings is 3. The Bertz CT molecular complexity index is 2010. The van der Waals surface area contributed by atoms with Crippen LogP contribution in [0, 0.1) is 12.3 Å². The van der Waals surface area contributed by atoms with Crippen LogP contribution >= 0.6 is 0 Å². The van der Waals surface area contributed by atoms with Gasteiger partial charge in [-0.15, -0.1) is 6.42 Å². The average Bonchev–Trinajstić information content (AvgIpc) is 3.31. The third-order valence-corrected chi connectivity index (χ3v) is 8.11. The van der Waals surface area contributed by atoms with Gasteiger partial charge in [-0.25, -0.2) is 0 Å². The number of nitrogens with zero attached hydrogens (tertiary/aromatic N) is 1. The lowest BCUT2D eigenvalue weighted by Crippen LogP contribution is -2.30. The largest absolute Gasteiger partial charge is 0.488 e. The Balaban J connectivity index is 1.71. The fourth-order valence-corrected chi connectivity index (χ4v) is 6.26. The average molecular weight is 558 g/mol. The Hall–Kier alpha value is -4.13. The number of terminal acetylenes is 1. The summed E-state index contributed by atoms with van der Waals surface area (Å²) in [4.78, 5) is 17.7. The van der Waals surface area contributed by atoms with Crippen molar-refractivity contribution in [1.82, 2.24) is 14.9 Å². The minimum absolute atomic E-state index is 0.0393. The number of aromatic amines is 1. The Morgan fingerprint density at radius 3 is 2.55 bits per heavy atom. The van der Waals surface area contributed by atoms with E-state index in [1.54, 1.807) is 6.07 Å². The number of fused-ring (bicyclic) bond motifs is 4. The van der Waals surface area contributed by atoms with Crippen molar-refractivity contribution in [2.75, 3.05) is 13.1 Å². The van der Waals surface area contributed by atoms with E-state index in [-0.39, 0.29) is 23.1 Å². The van der Waals surface area contributed by atoms with Gasteiger partial charge in [-0.2, -0.15) is 8.42 Å². The standard InChI is InChI=1S/C31H28FN3O4S/c1-4-19-8-9-23-27(14-19)34-31-29(23)30(36)26-16-24(18(2)3)25(17-28(26)35(31)21-10-12-33-13-11-21)20-6-5-7-22(15-20)39-40(32,37)38/h1,5-9,14-18,21,33-34H,10-13H2,2-3H3. The molecule has 0 saturated carbocycles. The van der Waals surface area contributed by atoms with E-state index in [9.17, 15) is 17.1 Å². The number of hydrogen-bond donors (Lipinski definition) is 2. The summed E-state index contributed by atoms with van der Waals surface area (Å²) in [5.41, 5.74) is 5.38. The number of aromatic nitrogens is 2. The lowest BCUT2D eigenvalue weighted by Gasteiger charge is -2.28. The van der Waals surface area contributed by atoms with Crippen LogP contribution in [0.25, 0.3) is 44.0 Å². The highest BCUT2D eigenvalue weighted by Gasteiger charge is 2.25. The van der Waals surface area contributed by atoms with Crippen LogP contribution in [0.1, 0.15) is 49.8 Å². The number of nitrogens with one attached hydrogen (secondary N) is 2. The monoisotopic (exact) mass is 557 g/mol. The minimum Gasteiger partial charge on any atom is -0.358 e. The van der Waals surface area contributed by atoms with Gasteiger partial charge >= 0.3 is 10.5 Å². The van der Waals surface area contributed by atoms with Gasteiger partial charge in [-0.1, -0.05) is 41.9 Å². The molecule has 1 fully saturated rings. The molecule has 1 aliphatic rings. The number of rotatable bonds is 5. The zero-order chi connectivity index (χ0) is 28.2. The molecule has 3 heterocycles. The first kappa shape index (κ1) is 26.1. The number of H-pyrrole nitrogens is 1. The molecule has 0 spiro atoms. The Morgan fingerprint density at radius 2 is 1.85 bits per heavy atom. The maximum absolute atomic E-state index is 14.2. The molecule has 2 N–H and O–H groups in total. The molecule has 5 aromatic rings. The van der Waals surface area contributed by atoms with E-state index in [1.165, 1.54) is 12.1 Å². The van der Waals surface area contributed by atoms with Crippen molar-refractivity contribution < 1.29 is 16.5 Å². The molecular formula is C31H28FN3O4S. The summed E-state index contributed by atoms with van der Waals surface area (Å²) in [6.45, 7) is 5.78. The third kappa shape index (κ3) is 4.53. The Morgan fingerprint density at radius 1 is 1.07 bits per heavy atom. The summed E-state index contributed by atoms with van der Waals surface area (Å²) in [6.07, 6.45) is 7.43. The predicted octanol–water partition coefficient (Wildman–Crippen LogP) is 5.93. The maximum Gasteiger partial charge on any atom is 0.488 e. The van der Waals surface area contributed by atoms with Gasteiger partial charge in [0.25, 0.3) is 0 Å². The second-order valence-electron chi connectivity index (χ2n) is 10.5. The summed E-state index contributed by atoms with van der Waals surface area (Å²) in [5, 5.41) is 5.49. The molecule has 1 aliphatic heterocycles. The number of pyridine rings is 1. The zero-order valence-corrected chi connectivity index (χ0v) is 22.9. The van der Waals surface area contributed by atoms with E-state index in [0.717, 1.165) is 64.7 Å². The highest BCUT2D eigenvalue weighted by Crippen LogP contribution is 2.38.